The molecule has 0 saturated carbocycles. The van der Waals surface area contributed by atoms with Crippen LogP contribution in [0, 0.1) is 0 Å². The molecule has 26 heavy (non-hydrogen) atoms. The number of ether oxygens (including phenoxy) is 4. The molecule has 2 N–H and O–H groups in total. The molecular weight excluding hydrogens is 449 g/mol. The van der Waals surface area contributed by atoms with Gasteiger partial charge in [-0.2, -0.15) is 0 Å². The van der Waals surface area contributed by atoms with E-state index in [4.69, 9.17) is 18.9 Å². The van der Waals surface area contributed by atoms with Crippen molar-refractivity contribution in [2.45, 2.75) is 19.4 Å². The zero-order valence-corrected chi connectivity index (χ0v) is 18.5. The number of nitrogens with zero attached hydrogens (tertiary/aromatic N) is 1. The Kier molecular flexibility index (Phi) is 15.2. The number of nitrogens with one attached hydrogen (secondary N) is 2. The van der Waals surface area contributed by atoms with Crippen molar-refractivity contribution in [3.8, 4) is 11.5 Å². The highest BCUT2D eigenvalue weighted by atomic mass is 127. The Hall–Kier alpha value is -1.26. The Balaban J connectivity index is 0.00000625. The third-order valence-electron chi connectivity index (χ3n) is 3.57. The van der Waals surface area contributed by atoms with E-state index in [2.05, 4.69) is 15.6 Å². The molecule has 7 nitrogen and oxygen atoms in total. The molecule has 0 radical (unpaired) electrons. The van der Waals surface area contributed by atoms with E-state index in [1.165, 1.54) is 0 Å². The van der Waals surface area contributed by atoms with Gasteiger partial charge in [0.1, 0.15) is 0 Å². The van der Waals surface area contributed by atoms with Crippen LogP contribution in [0.25, 0.3) is 0 Å². The lowest BCUT2D eigenvalue weighted by atomic mass is 10.2. The molecule has 0 aromatic heterocycles. The SMILES string of the molecule is CN=C(NCCCCOCCOC)NCc1ccc(OC)c(OC)c1.I. The normalized spacial score (nSPS) is 10.8. The molecule has 8 heteroatoms. The van der Waals surface area contributed by atoms with Crippen LogP contribution in [0.15, 0.2) is 23.2 Å². The van der Waals surface area contributed by atoms with Gasteiger partial charge in [-0.3, -0.25) is 4.99 Å². The van der Waals surface area contributed by atoms with Gasteiger partial charge in [-0.25, -0.2) is 0 Å². The van der Waals surface area contributed by atoms with Gasteiger partial charge in [-0.05, 0) is 30.5 Å². The molecule has 0 aliphatic rings. The van der Waals surface area contributed by atoms with Gasteiger partial charge in [0.25, 0.3) is 0 Å². The Labute approximate surface area is 173 Å². The van der Waals surface area contributed by atoms with Gasteiger partial charge < -0.3 is 29.6 Å². The van der Waals surface area contributed by atoms with Crippen molar-refractivity contribution < 1.29 is 18.9 Å². The molecule has 0 atom stereocenters. The van der Waals surface area contributed by atoms with Crippen LogP contribution in [0.5, 0.6) is 11.5 Å². The average Bonchev–Trinajstić information content (AvgIpc) is 2.65. The van der Waals surface area contributed by atoms with Crippen molar-refractivity contribution in [2.24, 2.45) is 4.99 Å². The molecule has 0 fully saturated rings. The second-order valence-corrected chi connectivity index (χ2v) is 5.35. The summed E-state index contributed by atoms with van der Waals surface area (Å²) >= 11 is 0. The zero-order valence-electron chi connectivity index (χ0n) is 16.2. The fourth-order valence-corrected chi connectivity index (χ4v) is 2.18. The number of benzene rings is 1. The number of halogens is 1. The van der Waals surface area contributed by atoms with Crippen LogP contribution in [-0.4, -0.2) is 60.7 Å². The topological polar surface area (TPSA) is 73.3 Å². The molecule has 0 saturated heterocycles. The number of hydrogen-bond donors (Lipinski definition) is 2. The third-order valence-corrected chi connectivity index (χ3v) is 3.57. The second-order valence-electron chi connectivity index (χ2n) is 5.35. The van der Waals surface area contributed by atoms with Gasteiger partial charge in [0.2, 0.25) is 0 Å². The predicted molar refractivity (Wildman–Crippen MR) is 115 cm³/mol. The summed E-state index contributed by atoms with van der Waals surface area (Å²) in [7, 11) is 6.70. The fourth-order valence-electron chi connectivity index (χ4n) is 2.18. The van der Waals surface area contributed by atoms with Crippen molar-refractivity contribution in [1.82, 2.24) is 10.6 Å². The lowest BCUT2D eigenvalue weighted by molar-refractivity contribution is 0.0689. The van der Waals surface area contributed by atoms with Crippen LogP contribution in [0.1, 0.15) is 18.4 Å². The summed E-state index contributed by atoms with van der Waals surface area (Å²) in [5.41, 5.74) is 1.09. The van der Waals surface area contributed by atoms with Crippen molar-refractivity contribution in [1.29, 1.82) is 0 Å². The first-order valence-electron chi connectivity index (χ1n) is 8.47. The Morgan fingerprint density at radius 3 is 2.38 bits per heavy atom. The van der Waals surface area contributed by atoms with Gasteiger partial charge in [0, 0.05) is 33.9 Å². The van der Waals surface area contributed by atoms with E-state index in [-0.39, 0.29) is 24.0 Å². The summed E-state index contributed by atoms with van der Waals surface area (Å²) in [6.45, 7) is 3.55. The Morgan fingerprint density at radius 2 is 1.73 bits per heavy atom. The van der Waals surface area contributed by atoms with Crippen molar-refractivity contribution in [3.63, 3.8) is 0 Å². The van der Waals surface area contributed by atoms with Crippen molar-refractivity contribution >= 4 is 29.9 Å². The molecule has 0 aliphatic heterocycles. The summed E-state index contributed by atoms with van der Waals surface area (Å²) in [6.07, 6.45) is 2.02. The molecule has 0 unspecified atom stereocenters. The molecule has 1 aromatic carbocycles. The monoisotopic (exact) mass is 481 g/mol. The first-order chi connectivity index (χ1) is 12.2. The molecule has 0 heterocycles. The molecule has 1 rings (SSSR count). The highest BCUT2D eigenvalue weighted by Crippen LogP contribution is 2.27. The first-order valence-corrected chi connectivity index (χ1v) is 8.47. The van der Waals surface area contributed by atoms with Crippen LogP contribution in [0.3, 0.4) is 0 Å². The highest BCUT2D eigenvalue weighted by Gasteiger charge is 2.05. The Morgan fingerprint density at radius 1 is 0.962 bits per heavy atom. The Bertz CT molecular complexity index is 515. The van der Waals surface area contributed by atoms with Crippen molar-refractivity contribution in [3.05, 3.63) is 23.8 Å². The number of unbranched alkanes of at least 4 members (excludes halogenated alkanes) is 1. The molecule has 150 valence electrons. The highest BCUT2D eigenvalue weighted by molar-refractivity contribution is 14.0. The maximum absolute atomic E-state index is 5.43. The molecule has 0 amide bonds. The largest absolute Gasteiger partial charge is 0.493 e. The van der Waals surface area contributed by atoms with Crippen molar-refractivity contribution in [2.75, 3.05) is 54.7 Å². The van der Waals surface area contributed by atoms with Gasteiger partial charge >= 0.3 is 0 Å². The van der Waals surface area contributed by atoms with E-state index in [0.29, 0.717) is 19.8 Å². The average molecular weight is 481 g/mol. The number of aliphatic imine (C=N–C) groups is 1. The van der Waals surface area contributed by atoms with Crippen LogP contribution in [0.4, 0.5) is 0 Å². The number of methoxy groups -OCH3 is 3. The van der Waals surface area contributed by atoms with Crippen LogP contribution in [-0.2, 0) is 16.0 Å². The molecule has 0 aliphatic carbocycles. The summed E-state index contributed by atoms with van der Waals surface area (Å²) in [5, 5.41) is 6.58. The van der Waals surface area contributed by atoms with Crippen LogP contribution < -0.4 is 20.1 Å². The van der Waals surface area contributed by atoms with Crippen LogP contribution >= 0.6 is 24.0 Å². The molecule has 1 aromatic rings. The minimum atomic E-state index is 0. The van der Waals surface area contributed by atoms with Gasteiger partial charge in [0.15, 0.2) is 17.5 Å². The van der Waals surface area contributed by atoms with E-state index in [0.717, 1.165) is 49.0 Å². The standard InChI is InChI=1S/C18H31N3O4.HI/c1-19-18(20-9-5-6-10-25-12-11-22-2)21-14-15-7-8-16(23-3)17(13-15)24-4;/h7-8,13H,5-6,9-12,14H2,1-4H3,(H2,19,20,21);1H. The van der Waals surface area contributed by atoms with Gasteiger partial charge in [-0.1, -0.05) is 6.07 Å². The summed E-state index contributed by atoms with van der Waals surface area (Å²) in [5.74, 6) is 2.22. The number of guanidine groups is 1. The smallest absolute Gasteiger partial charge is 0.191 e. The summed E-state index contributed by atoms with van der Waals surface area (Å²) < 4.78 is 20.9. The molecule has 0 spiro atoms. The van der Waals surface area contributed by atoms with Gasteiger partial charge in [0.05, 0.1) is 27.4 Å². The fraction of sp³-hybridized carbons (Fsp3) is 0.611. The minimum Gasteiger partial charge on any atom is -0.493 e. The maximum Gasteiger partial charge on any atom is 0.191 e. The number of hydrogen-bond acceptors (Lipinski definition) is 5. The quantitative estimate of drug-likeness (QED) is 0.207. The lowest BCUT2D eigenvalue weighted by Crippen LogP contribution is -2.37. The van der Waals surface area contributed by atoms with E-state index in [1.54, 1.807) is 28.4 Å². The van der Waals surface area contributed by atoms with E-state index in [1.807, 2.05) is 18.2 Å². The molecular formula is C18H32IN3O4. The zero-order chi connectivity index (χ0) is 18.3. The molecule has 0 bridgehead atoms. The van der Waals surface area contributed by atoms with E-state index < -0.39 is 0 Å². The van der Waals surface area contributed by atoms with E-state index >= 15 is 0 Å². The summed E-state index contributed by atoms with van der Waals surface area (Å²) in [6, 6.07) is 5.85. The first kappa shape index (κ1) is 24.7. The lowest BCUT2D eigenvalue weighted by Gasteiger charge is -2.13. The second kappa shape index (κ2) is 16.0. The van der Waals surface area contributed by atoms with Gasteiger partial charge in [-0.15, -0.1) is 24.0 Å². The number of rotatable bonds is 12. The van der Waals surface area contributed by atoms with E-state index in [9.17, 15) is 0 Å². The van der Waals surface area contributed by atoms with Crippen LogP contribution in [0.2, 0.25) is 0 Å². The summed E-state index contributed by atoms with van der Waals surface area (Å²) in [4.78, 5) is 4.23. The maximum atomic E-state index is 5.43. The minimum absolute atomic E-state index is 0. The predicted octanol–water partition coefficient (Wildman–Crippen LogP) is 2.43. The third kappa shape index (κ3) is 10.0.